The third-order valence-corrected chi connectivity index (χ3v) is 6.22. The predicted molar refractivity (Wildman–Crippen MR) is 134 cm³/mol. The molecular formula is C27H30ClNO5. The molecule has 0 bridgehead atoms. The van der Waals surface area contributed by atoms with Crippen LogP contribution in [-0.4, -0.2) is 36.3 Å². The van der Waals surface area contributed by atoms with E-state index in [1.807, 2.05) is 45.9 Å². The molecule has 180 valence electrons. The standard InChI is InChI=1S/C27H30ClNO5/c1-7-12-33-26(30)19-8-11-24-22(14-19)17(4)18(5)29(24)15-20-13-21(9-10-23(20)28)34-25(16(2)3)27(31)32-6/h7-11,13-14,16,25H,1,12,15H2,2-6H3/t25-/m0/s1. The van der Waals surface area contributed by atoms with Crippen molar-refractivity contribution in [2.24, 2.45) is 5.92 Å². The topological polar surface area (TPSA) is 66.8 Å². The Labute approximate surface area is 205 Å². The van der Waals surface area contributed by atoms with Crippen LogP contribution < -0.4 is 4.74 Å². The van der Waals surface area contributed by atoms with E-state index in [1.165, 1.54) is 7.11 Å². The van der Waals surface area contributed by atoms with E-state index in [0.29, 0.717) is 22.9 Å². The first kappa shape index (κ1) is 25.4. The molecule has 0 aliphatic heterocycles. The fraction of sp³-hybridized carbons (Fsp3) is 0.333. The van der Waals surface area contributed by atoms with Crippen LogP contribution in [-0.2, 0) is 20.8 Å². The van der Waals surface area contributed by atoms with E-state index in [2.05, 4.69) is 11.1 Å². The van der Waals surface area contributed by atoms with Crippen molar-refractivity contribution in [2.75, 3.05) is 13.7 Å². The number of ether oxygens (including phenoxy) is 3. The second-order valence-electron chi connectivity index (χ2n) is 8.47. The Morgan fingerprint density at radius 2 is 1.88 bits per heavy atom. The molecule has 0 amide bonds. The van der Waals surface area contributed by atoms with Gasteiger partial charge in [0.05, 0.1) is 12.7 Å². The molecule has 0 fully saturated rings. The molecule has 0 aliphatic carbocycles. The number of fused-ring (bicyclic) bond motifs is 1. The van der Waals surface area contributed by atoms with E-state index in [1.54, 1.807) is 24.3 Å². The van der Waals surface area contributed by atoms with Gasteiger partial charge in [0.15, 0.2) is 6.10 Å². The molecule has 1 heterocycles. The number of methoxy groups -OCH3 is 1. The highest BCUT2D eigenvalue weighted by molar-refractivity contribution is 6.31. The summed E-state index contributed by atoms with van der Waals surface area (Å²) in [5, 5.41) is 1.56. The first-order valence-electron chi connectivity index (χ1n) is 11.1. The third kappa shape index (κ3) is 5.28. The van der Waals surface area contributed by atoms with Gasteiger partial charge >= 0.3 is 11.9 Å². The van der Waals surface area contributed by atoms with Crippen LogP contribution in [0.15, 0.2) is 49.1 Å². The zero-order valence-corrected chi connectivity index (χ0v) is 20.9. The lowest BCUT2D eigenvalue weighted by atomic mass is 10.1. The summed E-state index contributed by atoms with van der Waals surface area (Å²) in [5.74, 6) is -0.319. The van der Waals surface area contributed by atoms with Gasteiger partial charge in [-0.25, -0.2) is 9.59 Å². The van der Waals surface area contributed by atoms with Crippen LogP contribution in [0.4, 0.5) is 0 Å². The molecule has 1 atom stereocenters. The molecular weight excluding hydrogens is 454 g/mol. The molecule has 3 rings (SSSR count). The summed E-state index contributed by atoms with van der Waals surface area (Å²) < 4.78 is 18.2. The predicted octanol–water partition coefficient (Wildman–Crippen LogP) is 5.88. The second kappa shape index (κ2) is 10.8. The maximum atomic E-state index is 12.3. The molecule has 3 aromatic rings. The average Bonchev–Trinajstić information content (AvgIpc) is 3.06. The zero-order chi connectivity index (χ0) is 25.0. The summed E-state index contributed by atoms with van der Waals surface area (Å²) in [7, 11) is 1.35. The normalized spacial score (nSPS) is 12.0. The Morgan fingerprint density at radius 1 is 1.15 bits per heavy atom. The molecule has 0 N–H and O–H groups in total. The third-order valence-electron chi connectivity index (χ3n) is 5.85. The monoisotopic (exact) mass is 483 g/mol. The van der Waals surface area contributed by atoms with E-state index in [0.717, 1.165) is 27.7 Å². The summed E-state index contributed by atoms with van der Waals surface area (Å²) in [5.41, 5.74) is 4.45. The minimum atomic E-state index is -0.713. The first-order chi connectivity index (χ1) is 16.2. The van der Waals surface area contributed by atoms with Gasteiger partial charge in [-0.1, -0.05) is 38.1 Å². The average molecular weight is 484 g/mol. The molecule has 0 saturated carbocycles. The number of rotatable bonds is 9. The Bertz CT molecular complexity index is 1230. The number of carbonyl (C=O) groups is 2. The summed E-state index contributed by atoms with van der Waals surface area (Å²) in [6.07, 6.45) is 0.827. The fourth-order valence-electron chi connectivity index (χ4n) is 3.83. The van der Waals surface area contributed by atoms with Crippen molar-refractivity contribution >= 4 is 34.4 Å². The molecule has 0 unspecified atom stereocenters. The number of nitrogens with zero attached hydrogens (tertiary/aromatic N) is 1. The highest BCUT2D eigenvalue weighted by Gasteiger charge is 2.25. The van der Waals surface area contributed by atoms with Crippen molar-refractivity contribution in [1.82, 2.24) is 4.57 Å². The molecule has 7 heteroatoms. The van der Waals surface area contributed by atoms with Gasteiger partial charge in [0.2, 0.25) is 0 Å². The lowest BCUT2D eigenvalue weighted by Gasteiger charge is -2.21. The molecule has 6 nitrogen and oxygen atoms in total. The highest BCUT2D eigenvalue weighted by atomic mass is 35.5. The number of esters is 2. The van der Waals surface area contributed by atoms with Crippen LogP contribution >= 0.6 is 11.6 Å². The minimum Gasteiger partial charge on any atom is -0.478 e. The van der Waals surface area contributed by atoms with Crippen molar-refractivity contribution < 1.29 is 23.8 Å². The number of carbonyl (C=O) groups excluding carboxylic acids is 2. The second-order valence-corrected chi connectivity index (χ2v) is 8.88. The largest absolute Gasteiger partial charge is 0.478 e. The lowest BCUT2D eigenvalue weighted by Crippen LogP contribution is -2.33. The molecule has 0 saturated heterocycles. The van der Waals surface area contributed by atoms with Crippen molar-refractivity contribution in [2.45, 2.75) is 40.3 Å². The van der Waals surface area contributed by atoms with E-state index in [9.17, 15) is 9.59 Å². The highest BCUT2D eigenvalue weighted by Crippen LogP contribution is 2.30. The van der Waals surface area contributed by atoms with Gasteiger partial charge in [-0.15, -0.1) is 0 Å². The van der Waals surface area contributed by atoms with Crippen molar-refractivity contribution in [1.29, 1.82) is 0 Å². The Kier molecular flexibility index (Phi) is 8.05. The van der Waals surface area contributed by atoms with E-state index < -0.39 is 12.1 Å². The van der Waals surface area contributed by atoms with Crippen LogP contribution in [0.25, 0.3) is 10.9 Å². The maximum absolute atomic E-state index is 12.3. The van der Waals surface area contributed by atoms with Crippen molar-refractivity contribution in [3.63, 3.8) is 0 Å². The summed E-state index contributed by atoms with van der Waals surface area (Å²) >= 11 is 6.53. The number of hydrogen-bond acceptors (Lipinski definition) is 5. The summed E-state index contributed by atoms with van der Waals surface area (Å²) in [6, 6.07) is 10.9. The zero-order valence-electron chi connectivity index (χ0n) is 20.2. The molecule has 2 aromatic carbocycles. The van der Waals surface area contributed by atoms with Crippen LogP contribution in [0.1, 0.15) is 41.0 Å². The molecule has 0 spiro atoms. The Morgan fingerprint density at radius 3 is 2.53 bits per heavy atom. The Hall–Kier alpha value is -3.25. The van der Waals surface area contributed by atoms with Gasteiger partial charge in [0.1, 0.15) is 12.4 Å². The summed E-state index contributed by atoms with van der Waals surface area (Å²) in [4.78, 5) is 24.4. The van der Waals surface area contributed by atoms with Crippen LogP contribution in [0, 0.1) is 19.8 Å². The van der Waals surface area contributed by atoms with Crippen LogP contribution in [0.2, 0.25) is 5.02 Å². The molecule has 0 aliphatic rings. The SMILES string of the molecule is C=CCOC(=O)c1ccc2c(c1)c(C)c(C)n2Cc1cc(O[C@H](C(=O)OC)C(C)C)ccc1Cl. The Balaban J connectivity index is 1.95. The van der Waals surface area contributed by atoms with Crippen LogP contribution in [0.3, 0.4) is 0 Å². The lowest BCUT2D eigenvalue weighted by molar-refractivity contribution is -0.150. The number of halogens is 1. The summed E-state index contributed by atoms with van der Waals surface area (Å²) in [6.45, 7) is 12.1. The van der Waals surface area contributed by atoms with Gasteiger partial charge in [-0.2, -0.15) is 0 Å². The van der Waals surface area contributed by atoms with Gasteiger partial charge in [-0.05, 0) is 61.4 Å². The van der Waals surface area contributed by atoms with Gasteiger partial charge in [-0.3, -0.25) is 0 Å². The maximum Gasteiger partial charge on any atom is 0.347 e. The fourth-order valence-corrected chi connectivity index (χ4v) is 4.01. The molecule has 1 aromatic heterocycles. The number of hydrogen-bond donors (Lipinski definition) is 0. The quantitative estimate of drug-likeness (QED) is 0.281. The van der Waals surface area contributed by atoms with Gasteiger partial charge in [0.25, 0.3) is 0 Å². The molecule has 0 radical (unpaired) electrons. The van der Waals surface area contributed by atoms with Crippen LogP contribution in [0.5, 0.6) is 5.75 Å². The van der Waals surface area contributed by atoms with Crippen molar-refractivity contribution in [3.05, 3.63) is 76.5 Å². The van der Waals surface area contributed by atoms with Gasteiger partial charge in [0, 0.05) is 34.1 Å². The first-order valence-corrected chi connectivity index (χ1v) is 11.5. The van der Waals surface area contributed by atoms with Crippen molar-refractivity contribution in [3.8, 4) is 5.75 Å². The smallest absolute Gasteiger partial charge is 0.347 e. The minimum absolute atomic E-state index is 0.0581. The van der Waals surface area contributed by atoms with E-state index in [4.69, 9.17) is 25.8 Å². The number of aromatic nitrogens is 1. The van der Waals surface area contributed by atoms with E-state index in [-0.39, 0.29) is 18.5 Å². The number of aryl methyl sites for hydroxylation is 1. The van der Waals surface area contributed by atoms with Gasteiger partial charge < -0.3 is 18.8 Å². The van der Waals surface area contributed by atoms with E-state index >= 15 is 0 Å². The number of benzene rings is 2. The molecule has 34 heavy (non-hydrogen) atoms.